The SMILES string of the molecule is CC(C)(C)[Si](C)(C)OC(CCCCCCc1ccccc1)c1nc[c]([Sn][C](c2ccccc2)(c2ccccc2)c2ccccc2)o1. The molecule has 1 atom stereocenters. The topological polar surface area (TPSA) is 35.3 Å². The third kappa shape index (κ3) is 8.50. The standard InChI is InChI=1S/C22H34NO2Si.C19H15.Sn/c1-22(2,3)26(4,5)25-20(21-23-17-18-24-21)16-12-7-6-9-13-19-14-10-8-11-15-19;1-4-10-16(11-5-1)19(17-12-6-2-7-13-17)18-14-8-3-9-15-18;/h8,10-11,14-15,17,20H,6-7,9,12-13,16H2,1-5H3;1-15H;. The van der Waals surface area contributed by atoms with Crippen molar-refractivity contribution in [3.05, 3.63) is 156 Å². The van der Waals surface area contributed by atoms with Crippen molar-refractivity contribution >= 4 is 33.2 Å². The number of unbranched alkanes of at least 4 members (excludes halogenated alkanes) is 3. The summed E-state index contributed by atoms with van der Waals surface area (Å²) in [6.45, 7) is 11.6. The van der Waals surface area contributed by atoms with Gasteiger partial charge in [-0.2, -0.15) is 0 Å². The predicted molar refractivity (Wildman–Crippen MR) is 195 cm³/mol. The first-order chi connectivity index (χ1) is 22.2. The molecule has 238 valence electrons. The van der Waals surface area contributed by atoms with Crippen LogP contribution in [0.25, 0.3) is 0 Å². The van der Waals surface area contributed by atoms with Crippen molar-refractivity contribution in [2.75, 3.05) is 0 Å². The zero-order valence-electron chi connectivity index (χ0n) is 28.2. The van der Waals surface area contributed by atoms with Gasteiger partial charge in [-0.3, -0.25) is 0 Å². The van der Waals surface area contributed by atoms with E-state index in [-0.39, 0.29) is 14.6 Å². The molecule has 5 rings (SSSR count). The van der Waals surface area contributed by atoms with E-state index in [0.29, 0.717) is 0 Å². The number of benzene rings is 4. The third-order valence-corrected chi connectivity index (χ3v) is 18.9. The zero-order chi connectivity index (χ0) is 32.5. The van der Waals surface area contributed by atoms with Crippen molar-refractivity contribution in [3.63, 3.8) is 0 Å². The average molecular weight is 735 g/mol. The van der Waals surface area contributed by atoms with Gasteiger partial charge in [0.15, 0.2) is 0 Å². The number of nitrogens with zero attached hydrogens (tertiary/aromatic N) is 1. The van der Waals surface area contributed by atoms with Crippen LogP contribution < -0.4 is 3.78 Å². The molecule has 0 N–H and O–H groups in total. The van der Waals surface area contributed by atoms with E-state index >= 15 is 0 Å². The Morgan fingerprint density at radius 3 is 1.65 bits per heavy atom. The second-order valence-electron chi connectivity index (χ2n) is 13.8. The van der Waals surface area contributed by atoms with Crippen molar-refractivity contribution in [2.45, 2.75) is 87.0 Å². The summed E-state index contributed by atoms with van der Waals surface area (Å²) in [6, 6.07) is 43.7. The Hall–Kier alpha value is -2.93. The first-order valence-corrected chi connectivity index (χ1v) is 22.6. The Morgan fingerprint density at radius 2 is 1.15 bits per heavy atom. The maximum absolute atomic E-state index is 7.06. The molecule has 5 aromatic rings. The molecule has 0 aliphatic carbocycles. The van der Waals surface area contributed by atoms with Crippen molar-refractivity contribution in [3.8, 4) is 0 Å². The van der Waals surface area contributed by atoms with Gasteiger partial charge in [-0.15, -0.1) is 0 Å². The number of hydrogen-bond donors (Lipinski definition) is 0. The number of aromatic nitrogens is 1. The summed E-state index contributed by atoms with van der Waals surface area (Å²) in [5.41, 5.74) is 5.35. The molecule has 5 heteroatoms. The Morgan fingerprint density at radius 1 is 0.674 bits per heavy atom. The van der Waals surface area contributed by atoms with Gasteiger partial charge in [0.2, 0.25) is 0 Å². The Kier molecular flexibility index (Phi) is 11.8. The van der Waals surface area contributed by atoms with Crippen LogP contribution >= 0.6 is 0 Å². The molecule has 2 radical (unpaired) electrons. The molecule has 0 aliphatic heterocycles. The average Bonchev–Trinajstić information content (AvgIpc) is 3.54. The molecule has 1 heterocycles. The summed E-state index contributed by atoms with van der Waals surface area (Å²) in [6.07, 6.45) is 8.71. The van der Waals surface area contributed by atoms with Gasteiger partial charge < -0.3 is 0 Å². The minimum absolute atomic E-state index is 0.107. The predicted octanol–water partition coefficient (Wildman–Crippen LogP) is 10.3. The molecule has 4 aromatic carbocycles. The summed E-state index contributed by atoms with van der Waals surface area (Å²) in [4.78, 5) is 4.98. The molecular formula is C41H49NO2SiSn. The van der Waals surface area contributed by atoms with Gasteiger partial charge in [0, 0.05) is 0 Å². The Labute approximate surface area is 288 Å². The number of oxazole rings is 1. The molecule has 0 bridgehead atoms. The van der Waals surface area contributed by atoms with Crippen LogP contribution in [-0.2, 0) is 14.3 Å². The molecule has 0 fully saturated rings. The van der Waals surface area contributed by atoms with E-state index in [9.17, 15) is 0 Å². The van der Waals surface area contributed by atoms with Crippen LogP contribution in [0.1, 0.15) is 87.1 Å². The molecule has 0 amide bonds. The first kappa shape index (κ1) is 34.4. The fraction of sp³-hybridized carbons (Fsp3) is 0.341. The van der Waals surface area contributed by atoms with Gasteiger partial charge >= 0.3 is 271 Å². The molecule has 46 heavy (non-hydrogen) atoms. The Bertz CT molecular complexity index is 1500. The van der Waals surface area contributed by atoms with Gasteiger partial charge in [-0.25, -0.2) is 0 Å². The molecule has 0 aliphatic rings. The molecule has 1 aromatic heterocycles. The molecule has 0 saturated carbocycles. The summed E-state index contributed by atoms with van der Waals surface area (Å²) >= 11 is -1.50. The van der Waals surface area contributed by atoms with Gasteiger partial charge in [0.25, 0.3) is 0 Å². The van der Waals surface area contributed by atoms with E-state index in [0.717, 1.165) is 28.9 Å². The minimum atomic E-state index is -2.05. The van der Waals surface area contributed by atoms with Crippen LogP contribution in [0, 0.1) is 0 Å². The van der Waals surface area contributed by atoms with Crippen molar-refractivity contribution in [2.24, 2.45) is 0 Å². The summed E-state index contributed by atoms with van der Waals surface area (Å²) in [5, 5.41) is 0.107. The number of hydrogen-bond acceptors (Lipinski definition) is 3. The van der Waals surface area contributed by atoms with E-state index in [2.05, 4.69) is 155 Å². The molecule has 0 spiro atoms. The fourth-order valence-corrected chi connectivity index (χ4v) is 11.7. The number of rotatable bonds is 15. The monoisotopic (exact) mass is 735 g/mol. The van der Waals surface area contributed by atoms with E-state index in [1.807, 2.05) is 6.20 Å². The van der Waals surface area contributed by atoms with Gasteiger partial charge in [0.1, 0.15) is 0 Å². The summed E-state index contributed by atoms with van der Waals surface area (Å²) < 4.78 is 14.7. The van der Waals surface area contributed by atoms with Crippen LogP contribution in [0.3, 0.4) is 0 Å². The van der Waals surface area contributed by atoms with E-state index < -0.39 is 29.5 Å². The van der Waals surface area contributed by atoms with E-state index in [1.165, 1.54) is 41.5 Å². The molecule has 1 unspecified atom stereocenters. The van der Waals surface area contributed by atoms with Crippen molar-refractivity contribution in [1.29, 1.82) is 0 Å². The molecule has 3 nitrogen and oxygen atoms in total. The van der Waals surface area contributed by atoms with Gasteiger partial charge in [-0.05, 0) is 0 Å². The molecular weight excluding hydrogens is 685 g/mol. The summed E-state index contributed by atoms with van der Waals surface area (Å²) in [7, 11) is -2.05. The van der Waals surface area contributed by atoms with Crippen LogP contribution in [0.15, 0.2) is 132 Å². The van der Waals surface area contributed by atoms with Gasteiger partial charge in [-0.1, -0.05) is 18.2 Å². The van der Waals surface area contributed by atoms with E-state index in [1.54, 1.807) is 0 Å². The normalized spacial score (nSPS) is 13.1. The van der Waals surface area contributed by atoms with Crippen LogP contribution in [0.2, 0.25) is 18.1 Å². The van der Waals surface area contributed by atoms with E-state index in [4.69, 9.17) is 13.8 Å². The first-order valence-electron chi connectivity index (χ1n) is 16.8. The molecule has 0 saturated heterocycles. The zero-order valence-corrected chi connectivity index (χ0v) is 32.1. The number of aryl methyl sites for hydroxylation is 1. The van der Waals surface area contributed by atoms with Crippen molar-refractivity contribution < 1.29 is 8.84 Å². The third-order valence-electron chi connectivity index (χ3n) is 9.50. The second-order valence-corrected chi connectivity index (χ2v) is 22.9. The Balaban J connectivity index is 1.40. The second kappa shape index (κ2) is 15.8. The van der Waals surface area contributed by atoms with Crippen LogP contribution in [0.5, 0.6) is 0 Å². The fourth-order valence-electron chi connectivity index (χ4n) is 5.88. The van der Waals surface area contributed by atoms with Crippen LogP contribution in [0.4, 0.5) is 0 Å². The maximum atomic E-state index is 7.06. The van der Waals surface area contributed by atoms with Crippen molar-refractivity contribution in [1.82, 2.24) is 4.98 Å². The quantitative estimate of drug-likeness (QED) is 0.0611. The summed E-state index contributed by atoms with van der Waals surface area (Å²) in [5.74, 6) is 0.757. The van der Waals surface area contributed by atoms with Crippen LogP contribution in [-0.4, -0.2) is 34.4 Å². The van der Waals surface area contributed by atoms with Gasteiger partial charge in [0.05, 0.1) is 0 Å².